The zero-order valence-corrected chi connectivity index (χ0v) is 19.3. The molecule has 0 fully saturated rings. The molecule has 35 heavy (non-hydrogen) atoms. The molecule has 0 radical (unpaired) electrons. The number of amidine groups is 1. The third kappa shape index (κ3) is 4.46. The third-order valence-electron chi connectivity index (χ3n) is 5.39. The van der Waals surface area contributed by atoms with Gasteiger partial charge in [0.25, 0.3) is 0 Å². The van der Waals surface area contributed by atoms with Crippen LogP contribution in [0, 0.1) is 5.41 Å². The van der Waals surface area contributed by atoms with Gasteiger partial charge in [0.2, 0.25) is 9.84 Å². The Morgan fingerprint density at radius 3 is 2.17 bits per heavy atom. The number of rotatable bonds is 7. The summed E-state index contributed by atoms with van der Waals surface area (Å²) in [5, 5.41) is 18.8. The summed E-state index contributed by atoms with van der Waals surface area (Å²) in [4.78, 5) is 11.5. The molecule has 10 heteroatoms. The molecule has 0 saturated heterocycles. The molecule has 0 spiro atoms. The Balaban J connectivity index is 1.79. The van der Waals surface area contributed by atoms with Gasteiger partial charge in [0.15, 0.2) is 5.75 Å². The maximum Gasteiger partial charge on any atom is 0.339 e. The summed E-state index contributed by atoms with van der Waals surface area (Å²) in [5.41, 5.74) is 11.7. The number of carbonyl (C=O) groups is 1. The number of nitrogens with one attached hydrogen (secondary N) is 1. The molecule has 4 aromatic carbocycles. The highest BCUT2D eigenvalue weighted by atomic mass is 32.2. The first kappa shape index (κ1) is 23.6. The van der Waals surface area contributed by atoms with E-state index in [-0.39, 0.29) is 38.4 Å². The van der Waals surface area contributed by atoms with Crippen LogP contribution in [0.25, 0.3) is 10.8 Å². The predicted molar refractivity (Wildman–Crippen MR) is 131 cm³/mol. The fourth-order valence-electron chi connectivity index (χ4n) is 3.55. The Bertz CT molecular complexity index is 1580. The number of nitrogens with two attached hydrogens (primary N) is 2. The van der Waals surface area contributed by atoms with E-state index in [4.69, 9.17) is 26.4 Å². The largest absolute Gasteiger partial charge is 0.497 e. The summed E-state index contributed by atoms with van der Waals surface area (Å²) in [6, 6.07) is 18.1. The Morgan fingerprint density at radius 1 is 0.914 bits per heavy atom. The lowest BCUT2D eigenvalue weighted by atomic mass is 10.1. The van der Waals surface area contributed by atoms with E-state index in [1.54, 1.807) is 36.4 Å². The number of methoxy groups -OCH3 is 1. The second-order valence-corrected chi connectivity index (χ2v) is 9.50. The molecule has 9 nitrogen and oxygen atoms in total. The molecular weight excluding hydrogens is 470 g/mol. The lowest BCUT2D eigenvalue weighted by Crippen LogP contribution is -2.10. The second-order valence-electron chi connectivity index (χ2n) is 7.58. The normalized spacial score (nSPS) is 11.2. The van der Waals surface area contributed by atoms with Crippen LogP contribution in [0.4, 0.5) is 5.69 Å². The van der Waals surface area contributed by atoms with E-state index in [9.17, 15) is 18.3 Å². The van der Waals surface area contributed by atoms with Crippen LogP contribution in [-0.2, 0) is 9.84 Å². The molecule has 0 aromatic heterocycles. The van der Waals surface area contributed by atoms with Crippen LogP contribution < -0.4 is 20.9 Å². The molecule has 0 heterocycles. The van der Waals surface area contributed by atoms with Crippen molar-refractivity contribution in [2.24, 2.45) is 5.73 Å². The second kappa shape index (κ2) is 8.99. The van der Waals surface area contributed by atoms with Gasteiger partial charge in [-0.3, -0.25) is 5.41 Å². The molecule has 4 rings (SSSR count). The number of ether oxygens (including phenoxy) is 2. The smallest absolute Gasteiger partial charge is 0.339 e. The van der Waals surface area contributed by atoms with Gasteiger partial charge in [0, 0.05) is 5.56 Å². The molecule has 0 unspecified atom stereocenters. The number of fused-ring (bicyclic) bond motifs is 1. The lowest BCUT2D eigenvalue weighted by molar-refractivity contribution is 0.0694. The number of carboxylic acids is 1. The molecule has 0 bridgehead atoms. The van der Waals surface area contributed by atoms with E-state index >= 15 is 0 Å². The molecule has 4 aromatic rings. The monoisotopic (exact) mass is 491 g/mol. The first-order valence-electron chi connectivity index (χ1n) is 10.2. The van der Waals surface area contributed by atoms with E-state index in [1.807, 2.05) is 0 Å². The summed E-state index contributed by atoms with van der Waals surface area (Å²) in [7, 11) is -2.62. The maximum absolute atomic E-state index is 13.3. The van der Waals surface area contributed by atoms with Crippen molar-refractivity contribution >= 4 is 38.1 Å². The SMILES string of the molecule is COc1ccc(S(=O)(=O)c2ccc(C(=O)O)c(Oc3ccc4cc(C(=N)N)ccc4c3)c2N)cc1. The Hall–Kier alpha value is -4.57. The van der Waals surface area contributed by atoms with Gasteiger partial charge in [-0.15, -0.1) is 0 Å². The average Bonchev–Trinajstić information content (AvgIpc) is 2.84. The molecule has 0 atom stereocenters. The Labute approximate surface area is 200 Å². The van der Waals surface area contributed by atoms with E-state index in [0.29, 0.717) is 11.3 Å². The van der Waals surface area contributed by atoms with Crippen molar-refractivity contribution in [1.29, 1.82) is 5.41 Å². The van der Waals surface area contributed by atoms with Crippen LogP contribution in [0.5, 0.6) is 17.2 Å². The fourth-order valence-corrected chi connectivity index (χ4v) is 4.93. The van der Waals surface area contributed by atoms with Crippen LogP contribution in [0.1, 0.15) is 15.9 Å². The third-order valence-corrected chi connectivity index (χ3v) is 7.22. The first-order valence-corrected chi connectivity index (χ1v) is 11.7. The van der Waals surface area contributed by atoms with E-state index < -0.39 is 15.8 Å². The molecular formula is C25H21N3O6S. The van der Waals surface area contributed by atoms with Gasteiger partial charge < -0.3 is 26.0 Å². The summed E-state index contributed by atoms with van der Waals surface area (Å²) < 4.78 is 37.4. The zero-order chi connectivity index (χ0) is 25.3. The maximum atomic E-state index is 13.3. The molecule has 178 valence electrons. The van der Waals surface area contributed by atoms with Crippen molar-refractivity contribution < 1.29 is 27.8 Å². The number of carboxylic acid groups (broad SMARTS) is 1. The van der Waals surface area contributed by atoms with Crippen molar-refractivity contribution in [3.63, 3.8) is 0 Å². The molecule has 0 amide bonds. The van der Waals surface area contributed by atoms with Crippen molar-refractivity contribution in [2.75, 3.05) is 12.8 Å². The average molecular weight is 492 g/mol. The van der Waals surface area contributed by atoms with Gasteiger partial charge >= 0.3 is 5.97 Å². The minimum atomic E-state index is -4.08. The predicted octanol–water partition coefficient (Wildman–Crippen LogP) is 4.04. The van der Waals surface area contributed by atoms with Crippen molar-refractivity contribution in [2.45, 2.75) is 9.79 Å². The Kier molecular flexibility index (Phi) is 6.06. The highest BCUT2D eigenvalue weighted by Crippen LogP contribution is 2.39. The summed E-state index contributed by atoms with van der Waals surface area (Å²) in [5.74, 6) is -0.949. The number of benzene rings is 4. The van der Waals surface area contributed by atoms with E-state index in [1.165, 1.54) is 31.4 Å². The van der Waals surface area contributed by atoms with E-state index in [0.717, 1.165) is 22.9 Å². The minimum absolute atomic E-state index is 0.0361. The lowest BCUT2D eigenvalue weighted by Gasteiger charge is -2.16. The van der Waals surface area contributed by atoms with Crippen LogP contribution in [0.3, 0.4) is 0 Å². The molecule has 0 aliphatic heterocycles. The van der Waals surface area contributed by atoms with E-state index in [2.05, 4.69) is 0 Å². The van der Waals surface area contributed by atoms with Crippen LogP contribution >= 0.6 is 0 Å². The van der Waals surface area contributed by atoms with Crippen LogP contribution in [0.2, 0.25) is 0 Å². The molecule has 0 saturated carbocycles. The van der Waals surface area contributed by atoms with Gasteiger partial charge in [-0.05, 0) is 65.4 Å². The standard InChI is InChI=1S/C25H21N3O6S/c1-33-17-6-8-19(9-7-17)35(31,32)21-11-10-20(25(29)30)23(22(21)26)34-18-5-4-14-12-16(24(27)28)3-2-15(14)13-18/h2-13H,26H2,1H3,(H3,27,28)(H,29,30). The zero-order valence-electron chi connectivity index (χ0n) is 18.5. The van der Waals surface area contributed by atoms with Gasteiger partial charge in [-0.1, -0.05) is 18.2 Å². The van der Waals surface area contributed by atoms with Gasteiger partial charge in [0.1, 0.15) is 22.9 Å². The van der Waals surface area contributed by atoms with Gasteiger partial charge in [-0.25, -0.2) is 13.2 Å². The number of sulfone groups is 1. The number of anilines is 1. The fraction of sp³-hybridized carbons (Fsp3) is 0.0400. The number of nitrogen functional groups attached to an aromatic ring is 2. The van der Waals surface area contributed by atoms with Crippen molar-refractivity contribution in [1.82, 2.24) is 0 Å². The molecule has 6 N–H and O–H groups in total. The quantitative estimate of drug-likeness (QED) is 0.171. The highest BCUT2D eigenvalue weighted by molar-refractivity contribution is 7.91. The number of aromatic carboxylic acids is 1. The van der Waals surface area contributed by atoms with Crippen LogP contribution in [0.15, 0.2) is 82.6 Å². The molecule has 0 aliphatic rings. The first-order chi connectivity index (χ1) is 16.6. The number of hydrogen-bond donors (Lipinski definition) is 4. The summed E-state index contributed by atoms with van der Waals surface area (Å²) >= 11 is 0. The minimum Gasteiger partial charge on any atom is -0.497 e. The topological polar surface area (TPSA) is 166 Å². The summed E-state index contributed by atoms with van der Waals surface area (Å²) in [6.07, 6.45) is 0. The summed E-state index contributed by atoms with van der Waals surface area (Å²) in [6.45, 7) is 0. The van der Waals surface area contributed by atoms with Crippen molar-refractivity contribution in [3.05, 3.63) is 83.9 Å². The number of hydrogen-bond acceptors (Lipinski definition) is 7. The highest BCUT2D eigenvalue weighted by Gasteiger charge is 2.27. The Morgan fingerprint density at radius 2 is 1.54 bits per heavy atom. The van der Waals surface area contributed by atoms with Gasteiger partial charge in [-0.2, -0.15) is 0 Å². The van der Waals surface area contributed by atoms with Gasteiger partial charge in [0.05, 0.1) is 22.6 Å². The van der Waals surface area contributed by atoms with Crippen LogP contribution in [-0.4, -0.2) is 32.4 Å². The van der Waals surface area contributed by atoms with Crippen molar-refractivity contribution in [3.8, 4) is 17.2 Å². The molecule has 0 aliphatic carbocycles.